The van der Waals surface area contributed by atoms with Gasteiger partial charge in [-0.15, -0.1) is 0 Å². The maximum atomic E-state index is 13.8. The highest BCUT2D eigenvalue weighted by atomic mass is 19.1. The third-order valence-corrected chi connectivity index (χ3v) is 3.28. The normalized spacial score (nSPS) is 13.8. The van der Waals surface area contributed by atoms with Crippen molar-refractivity contribution in [3.05, 3.63) is 35.4 Å². The lowest BCUT2D eigenvalue weighted by molar-refractivity contribution is 0.326. The lowest BCUT2D eigenvalue weighted by Crippen LogP contribution is -2.40. The van der Waals surface area contributed by atoms with Crippen molar-refractivity contribution in [2.24, 2.45) is 11.8 Å². The van der Waals surface area contributed by atoms with E-state index in [1.165, 1.54) is 18.2 Å². The smallest absolute Gasteiger partial charge is 0.129 e. The molecule has 1 unspecified atom stereocenters. The van der Waals surface area contributed by atoms with Gasteiger partial charge in [0.05, 0.1) is 0 Å². The van der Waals surface area contributed by atoms with Crippen LogP contribution in [0.15, 0.2) is 18.2 Å². The Bertz CT molecular complexity index is 401. The predicted octanol–water partition coefficient (Wildman–Crippen LogP) is 4.56. The summed E-state index contributed by atoms with van der Waals surface area (Å²) in [6.07, 6.45) is 1.40. The first-order valence-corrected chi connectivity index (χ1v) is 7.37. The summed E-state index contributed by atoms with van der Waals surface area (Å²) in [4.78, 5) is 0. The van der Waals surface area contributed by atoms with Crippen LogP contribution in [0.25, 0.3) is 0 Å². The van der Waals surface area contributed by atoms with Crippen molar-refractivity contribution in [2.45, 2.75) is 53.0 Å². The zero-order valence-electron chi connectivity index (χ0n) is 13.3. The summed E-state index contributed by atoms with van der Waals surface area (Å²) in [6.45, 7) is 11.4. The summed E-state index contributed by atoms with van der Waals surface area (Å²) < 4.78 is 27.5. The molecule has 3 heteroatoms. The van der Waals surface area contributed by atoms with Crippen LogP contribution in [-0.4, -0.2) is 12.1 Å². The van der Waals surface area contributed by atoms with Gasteiger partial charge in [-0.05, 0) is 64.1 Å². The van der Waals surface area contributed by atoms with E-state index in [2.05, 4.69) is 39.9 Å². The molecule has 114 valence electrons. The van der Waals surface area contributed by atoms with Gasteiger partial charge in [0.15, 0.2) is 0 Å². The first kappa shape index (κ1) is 17.1. The Hall–Kier alpha value is -0.960. The number of benzene rings is 1. The minimum Gasteiger partial charge on any atom is -0.312 e. The van der Waals surface area contributed by atoms with E-state index in [1.54, 1.807) is 0 Å². The van der Waals surface area contributed by atoms with E-state index in [4.69, 9.17) is 0 Å². The average Bonchev–Trinajstić information content (AvgIpc) is 2.29. The third kappa shape index (κ3) is 6.00. The number of rotatable bonds is 6. The quantitative estimate of drug-likeness (QED) is 0.807. The van der Waals surface area contributed by atoms with E-state index in [9.17, 15) is 8.78 Å². The molecular weight excluding hydrogens is 256 g/mol. The van der Waals surface area contributed by atoms with Crippen LogP contribution < -0.4 is 5.32 Å². The molecular formula is C17H27F2N. The summed E-state index contributed by atoms with van der Waals surface area (Å²) in [5.74, 6) is -0.124. The van der Waals surface area contributed by atoms with Crippen molar-refractivity contribution < 1.29 is 8.78 Å². The second kappa shape index (κ2) is 7.16. The van der Waals surface area contributed by atoms with E-state index in [1.807, 2.05) is 0 Å². The largest absolute Gasteiger partial charge is 0.312 e. The highest BCUT2D eigenvalue weighted by Crippen LogP contribution is 2.21. The van der Waals surface area contributed by atoms with Crippen molar-refractivity contribution in [3.63, 3.8) is 0 Å². The van der Waals surface area contributed by atoms with Gasteiger partial charge < -0.3 is 5.32 Å². The van der Waals surface area contributed by atoms with Crippen LogP contribution in [0.4, 0.5) is 8.78 Å². The molecule has 1 N–H and O–H groups in total. The molecule has 0 bridgehead atoms. The van der Waals surface area contributed by atoms with Gasteiger partial charge in [-0.1, -0.05) is 19.9 Å². The summed E-state index contributed by atoms with van der Waals surface area (Å²) in [6, 6.07) is 4.09. The van der Waals surface area contributed by atoms with Gasteiger partial charge in [-0.3, -0.25) is 0 Å². The molecule has 1 rings (SSSR count). The first-order chi connectivity index (χ1) is 9.19. The van der Waals surface area contributed by atoms with Crippen LogP contribution in [0.5, 0.6) is 0 Å². The lowest BCUT2D eigenvalue weighted by atomic mass is 9.89. The Morgan fingerprint density at radius 3 is 2.10 bits per heavy atom. The number of hydrogen-bond donors (Lipinski definition) is 1. The lowest BCUT2D eigenvalue weighted by Gasteiger charge is -2.26. The van der Waals surface area contributed by atoms with Crippen molar-refractivity contribution in [3.8, 4) is 0 Å². The predicted molar refractivity (Wildman–Crippen MR) is 80.8 cm³/mol. The molecule has 0 fully saturated rings. The molecule has 0 aliphatic heterocycles. The molecule has 0 aliphatic carbocycles. The highest BCUT2D eigenvalue weighted by molar-refractivity contribution is 5.20. The molecule has 0 aliphatic rings. The fourth-order valence-electron chi connectivity index (χ4n) is 2.37. The molecule has 0 aromatic heterocycles. The monoisotopic (exact) mass is 283 g/mol. The summed E-state index contributed by atoms with van der Waals surface area (Å²) >= 11 is 0. The molecule has 1 atom stereocenters. The fourth-order valence-corrected chi connectivity index (χ4v) is 2.37. The van der Waals surface area contributed by atoms with E-state index in [0.717, 1.165) is 13.0 Å². The minimum atomic E-state index is -0.436. The van der Waals surface area contributed by atoms with E-state index in [0.29, 0.717) is 12.3 Å². The third-order valence-electron chi connectivity index (χ3n) is 3.28. The summed E-state index contributed by atoms with van der Waals surface area (Å²) in [7, 11) is 0. The number of halogens is 2. The van der Waals surface area contributed by atoms with E-state index in [-0.39, 0.29) is 17.0 Å². The second-order valence-corrected chi connectivity index (χ2v) is 7.03. The van der Waals surface area contributed by atoms with Crippen LogP contribution in [0.1, 0.15) is 46.6 Å². The SMILES string of the molecule is CC(C)CC(CNC(C)(C)C)Cc1c(F)cccc1F. The Labute approximate surface area is 121 Å². The van der Waals surface area contributed by atoms with Crippen LogP contribution in [-0.2, 0) is 6.42 Å². The van der Waals surface area contributed by atoms with Gasteiger partial charge in [0.25, 0.3) is 0 Å². The average molecular weight is 283 g/mol. The highest BCUT2D eigenvalue weighted by Gasteiger charge is 2.19. The molecule has 0 radical (unpaired) electrons. The van der Waals surface area contributed by atoms with Gasteiger partial charge in [0, 0.05) is 11.1 Å². The molecule has 0 saturated heterocycles. The van der Waals surface area contributed by atoms with Crippen LogP contribution >= 0.6 is 0 Å². The summed E-state index contributed by atoms with van der Waals surface area (Å²) in [5, 5.41) is 3.44. The Morgan fingerprint density at radius 1 is 1.10 bits per heavy atom. The fraction of sp³-hybridized carbons (Fsp3) is 0.647. The number of hydrogen-bond acceptors (Lipinski definition) is 1. The first-order valence-electron chi connectivity index (χ1n) is 7.37. The Morgan fingerprint density at radius 2 is 1.65 bits per heavy atom. The zero-order valence-corrected chi connectivity index (χ0v) is 13.3. The van der Waals surface area contributed by atoms with Gasteiger partial charge >= 0.3 is 0 Å². The molecule has 20 heavy (non-hydrogen) atoms. The molecule has 0 spiro atoms. The maximum Gasteiger partial charge on any atom is 0.129 e. The van der Waals surface area contributed by atoms with E-state index < -0.39 is 11.6 Å². The van der Waals surface area contributed by atoms with Gasteiger partial charge in [0.2, 0.25) is 0 Å². The zero-order chi connectivity index (χ0) is 15.3. The maximum absolute atomic E-state index is 13.8. The van der Waals surface area contributed by atoms with Crippen LogP contribution in [0.2, 0.25) is 0 Å². The van der Waals surface area contributed by atoms with Crippen molar-refractivity contribution in [1.82, 2.24) is 5.32 Å². The van der Waals surface area contributed by atoms with E-state index >= 15 is 0 Å². The van der Waals surface area contributed by atoms with Crippen LogP contribution in [0, 0.1) is 23.5 Å². The second-order valence-electron chi connectivity index (χ2n) is 7.03. The van der Waals surface area contributed by atoms with Crippen molar-refractivity contribution in [1.29, 1.82) is 0 Å². The van der Waals surface area contributed by atoms with Gasteiger partial charge in [-0.2, -0.15) is 0 Å². The van der Waals surface area contributed by atoms with Crippen molar-refractivity contribution in [2.75, 3.05) is 6.54 Å². The molecule has 1 aromatic rings. The van der Waals surface area contributed by atoms with Gasteiger partial charge in [0.1, 0.15) is 11.6 Å². The topological polar surface area (TPSA) is 12.0 Å². The summed E-state index contributed by atoms with van der Waals surface area (Å²) in [5.41, 5.74) is 0.233. The minimum absolute atomic E-state index is 0.0169. The van der Waals surface area contributed by atoms with Crippen molar-refractivity contribution >= 4 is 0 Å². The molecule has 1 nitrogen and oxygen atoms in total. The standard InChI is InChI=1S/C17H27F2N/c1-12(2)9-13(11-20-17(3,4)5)10-14-15(18)7-6-8-16(14)19/h6-8,12-13,20H,9-11H2,1-5H3. The molecule has 0 heterocycles. The van der Waals surface area contributed by atoms with Gasteiger partial charge in [-0.25, -0.2) is 8.78 Å². The number of nitrogens with one attached hydrogen (secondary N) is 1. The Balaban J connectivity index is 2.78. The Kier molecular flexibility index (Phi) is 6.12. The van der Waals surface area contributed by atoms with Crippen LogP contribution in [0.3, 0.4) is 0 Å². The molecule has 1 aromatic carbocycles. The molecule has 0 amide bonds. The molecule has 0 saturated carbocycles.